The summed E-state index contributed by atoms with van der Waals surface area (Å²) in [4.78, 5) is 30.8. The van der Waals surface area contributed by atoms with Crippen LogP contribution in [0, 0.1) is 11.3 Å². The Morgan fingerprint density at radius 3 is 2.74 bits per heavy atom. The highest BCUT2D eigenvalue weighted by Crippen LogP contribution is 2.20. The van der Waals surface area contributed by atoms with Crippen LogP contribution in [0.15, 0.2) is 40.3 Å². The van der Waals surface area contributed by atoms with Crippen molar-refractivity contribution in [1.29, 1.82) is 5.26 Å². The second kappa shape index (κ2) is 7.61. The molecule has 0 radical (unpaired) electrons. The third-order valence-electron chi connectivity index (χ3n) is 3.12. The van der Waals surface area contributed by atoms with E-state index >= 15 is 0 Å². The summed E-state index contributed by atoms with van der Waals surface area (Å²) in [5.41, 5.74) is 0.700. The van der Waals surface area contributed by atoms with Gasteiger partial charge in [0.05, 0.1) is 10.9 Å². The molecule has 1 unspecified atom stereocenters. The van der Waals surface area contributed by atoms with E-state index in [0.717, 1.165) is 11.8 Å². The molecule has 0 aliphatic heterocycles. The van der Waals surface area contributed by atoms with Crippen LogP contribution >= 0.6 is 11.8 Å². The number of hydrogen-bond acceptors (Lipinski definition) is 5. The highest BCUT2D eigenvalue weighted by Gasteiger charge is 2.18. The molecular formula is C16H16N4O2S. The fourth-order valence-electron chi connectivity index (χ4n) is 1.91. The first-order chi connectivity index (χ1) is 11.0. The van der Waals surface area contributed by atoms with E-state index in [1.165, 1.54) is 0 Å². The molecule has 1 aromatic heterocycles. The Balaban J connectivity index is 2.12. The van der Waals surface area contributed by atoms with Crippen molar-refractivity contribution in [2.75, 3.05) is 5.32 Å². The largest absolute Gasteiger partial charge is 0.325 e. The molecule has 0 aliphatic rings. The van der Waals surface area contributed by atoms with Crippen LogP contribution in [0.1, 0.15) is 25.1 Å². The standard InChI is InChI=1S/C16H16N4O2S/c1-3-13-12(9-17)15(22)20-16(19-13)23-10(2)14(21)18-11-7-5-4-6-8-11/h4-8,10H,3H2,1-2H3,(H,18,21)(H,19,20,22). The predicted molar refractivity (Wildman–Crippen MR) is 89.3 cm³/mol. The number of aromatic amines is 1. The molecule has 1 aromatic carbocycles. The van der Waals surface area contributed by atoms with Gasteiger partial charge in [-0.2, -0.15) is 5.26 Å². The molecule has 2 N–H and O–H groups in total. The minimum absolute atomic E-state index is 0.0261. The minimum atomic E-state index is -0.475. The zero-order valence-corrected chi connectivity index (χ0v) is 13.6. The number of carbonyl (C=O) groups excluding carboxylic acids is 1. The number of H-pyrrole nitrogens is 1. The first kappa shape index (κ1) is 16.8. The Kier molecular flexibility index (Phi) is 5.55. The Morgan fingerprint density at radius 1 is 1.43 bits per heavy atom. The normalized spacial score (nSPS) is 11.5. The van der Waals surface area contributed by atoms with Gasteiger partial charge in [-0.25, -0.2) is 4.98 Å². The number of aromatic nitrogens is 2. The third kappa shape index (κ3) is 4.20. The van der Waals surface area contributed by atoms with Gasteiger partial charge in [-0.15, -0.1) is 0 Å². The number of anilines is 1. The fourth-order valence-corrected chi connectivity index (χ4v) is 2.73. The van der Waals surface area contributed by atoms with Crippen molar-refractivity contribution in [3.8, 4) is 6.07 Å². The summed E-state index contributed by atoms with van der Waals surface area (Å²) in [6.45, 7) is 3.55. The number of nitrogens with one attached hydrogen (secondary N) is 2. The Hall–Kier alpha value is -2.59. The van der Waals surface area contributed by atoms with Gasteiger partial charge in [-0.1, -0.05) is 36.9 Å². The number of carbonyl (C=O) groups is 1. The van der Waals surface area contributed by atoms with Crippen molar-refractivity contribution in [3.63, 3.8) is 0 Å². The number of rotatable bonds is 5. The average Bonchev–Trinajstić information content (AvgIpc) is 2.55. The molecule has 1 atom stereocenters. The van der Waals surface area contributed by atoms with Gasteiger partial charge in [0.25, 0.3) is 5.56 Å². The Morgan fingerprint density at radius 2 is 2.13 bits per heavy atom. The van der Waals surface area contributed by atoms with Gasteiger partial charge in [0.15, 0.2) is 5.16 Å². The molecule has 1 amide bonds. The van der Waals surface area contributed by atoms with Crippen molar-refractivity contribution >= 4 is 23.4 Å². The van der Waals surface area contributed by atoms with E-state index in [9.17, 15) is 9.59 Å². The lowest BCUT2D eigenvalue weighted by Gasteiger charge is -2.12. The van der Waals surface area contributed by atoms with Crippen LogP contribution in [0.3, 0.4) is 0 Å². The van der Waals surface area contributed by atoms with Gasteiger partial charge >= 0.3 is 0 Å². The molecule has 0 fully saturated rings. The van der Waals surface area contributed by atoms with Crippen LogP contribution < -0.4 is 10.9 Å². The molecule has 118 valence electrons. The average molecular weight is 328 g/mol. The van der Waals surface area contributed by atoms with Gasteiger partial charge in [-0.3, -0.25) is 9.59 Å². The molecule has 7 heteroatoms. The molecule has 0 saturated heterocycles. The summed E-state index contributed by atoms with van der Waals surface area (Å²) in [6, 6.07) is 11.0. The van der Waals surface area contributed by atoms with Gasteiger partial charge < -0.3 is 10.3 Å². The predicted octanol–water partition coefficient (Wildman–Crippen LogP) is 2.32. The molecule has 0 spiro atoms. The van der Waals surface area contributed by atoms with Crippen molar-refractivity contribution in [1.82, 2.24) is 9.97 Å². The number of hydrogen-bond donors (Lipinski definition) is 2. The zero-order chi connectivity index (χ0) is 16.8. The topological polar surface area (TPSA) is 98.6 Å². The van der Waals surface area contributed by atoms with E-state index < -0.39 is 10.8 Å². The van der Waals surface area contributed by atoms with E-state index in [-0.39, 0.29) is 11.5 Å². The van der Waals surface area contributed by atoms with Crippen LogP contribution in [-0.2, 0) is 11.2 Å². The number of benzene rings is 1. The monoisotopic (exact) mass is 328 g/mol. The molecule has 0 bridgehead atoms. The molecule has 0 saturated carbocycles. The molecule has 23 heavy (non-hydrogen) atoms. The Labute approximate surface area is 138 Å². The van der Waals surface area contributed by atoms with E-state index in [2.05, 4.69) is 15.3 Å². The number of nitriles is 1. The van der Waals surface area contributed by atoms with Crippen molar-refractivity contribution in [3.05, 3.63) is 51.9 Å². The summed E-state index contributed by atoms with van der Waals surface area (Å²) in [6.07, 6.45) is 0.477. The summed E-state index contributed by atoms with van der Waals surface area (Å²) in [5, 5.41) is 11.7. The lowest BCUT2D eigenvalue weighted by Crippen LogP contribution is -2.24. The van der Waals surface area contributed by atoms with E-state index in [4.69, 9.17) is 5.26 Å². The van der Waals surface area contributed by atoms with E-state index in [1.54, 1.807) is 19.1 Å². The number of aryl methyl sites for hydroxylation is 1. The fraction of sp³-hybridized carbons (Fsp3) is 0.250. The van der Waals surface area contributed by atoms with Crippen molar-refractivity contribution < 1.29 is 4.79 Å². The van der Waals surface area contributed by atoms with Crippen molar-refractivity contribution in [2.45, 2.75) is 30.7 Å². The van der Waals surface area contributed by atoms with Crippen LogP contribution in [0.2, 0.25) is 0 Å². The molecule has 2 aromatic rings. The summed E-state index contributed by atoms with van der Waals surface area (Å²) in [7, 11) is 0. The lowest BCUT2D eigenvalue weighted by molar-refractivity contribution is -0.115. The first-order valence-electron chi connectivity index (χ1n) is 7.11. The minimum Gasteiger partial charge on any atom is -0.325 e. The van der Waals surface area contributed by atoms with Crippen molar-refractivity contribution in [2.24, 2.45) is 0 Å². The molecule has 0 aliphatic carbocycles. The second-order valence-corrected chi connectivity index (χ2v) is 6.10. The van der Waals surface area contributed by atoms with E-state index in [0.29, 0.717) is 23.0 Å². The van der Waals surface area contributed by atoms with Crippen LogP contribution in [0.5, 0.6) is 0 Å². The summed E-state index contributed by atoms with van der Waals surface area (Å²) in [5.74, 6) is -0.189. The molecule has 1 heterocycles. The number of amides is 1. The summed E-state index contributed by atoms with van der Waals surface area (Å²) < 4.78 is 0. The third-order valence-corrected chi connectivity index (χ3v) is 4.10. The lowest BCUT2D eigenvalue weighted by atomic mass is 10.2. The number of thioether (sulfide) groups is 1. The van der Waals surface area contributed by atoms with Crippen LogP contribution in [0.4, 0.5) is 5.69 Å². The number of nitrogens with zero attached hydrogens (tertiary/aromatic N) is 2. The van der Waals surface area contributed by atoms with Crippen LogP contribution in [0.25, 0.3) is 0 Å². The quantitative estimate of drug-likeness (QED) is 0.648. The second-order valence-electron chi connectivity index (χ2n) is 4.77. The molecule has 2 rings (SSSR count). The van der Waals surface area contributed by atoms with Gasteiger partial charge in [0.1, 0.15) is 11.6 Å². The SMILES string of the molecule is CCc1nc(SC(C)C(=O)Nc2ccccc2)[nH]c(=O)c1C#N. The van der Waals surface area contributed by atoms with Gasteiger partial charge in [0.2, 0.25) is 5.91 Å². The molecular weight excluding hydrogens is 312 g/mol. The van der Waals surface area contributed by atoms with Gasteiger partial charge in [0, 0.05) is 5.69 Å². The maximum absolute atomic E-state index is 12.2. The van der Waals surface area contributed by atoms with Crippen LogP contribution in [-0.4, -0.2) is 21.1 Å². The first-order valence-corrected chi connectivity index (χ1v) is 7.99. The summed E-state index contributed by atoms with van der Waals surface area (Å²) >= 11 is 1.15. The maximum atomic E-state index is 12.2. The smallest absolute Gasteiger partial charge is 0.269 e. The van der Waals surface area contributed by atoms with Gasteiger partial charge in [-0.05, 0) is 25.5 Å². The highest BCUT2D eigenvalue weighted by atomic mass is 32.2. The zero-order valence-electron chi connectivity index (χ0n) is 12.8. The maximum Gasteiger partial charge on any atom is 0.269 e. The number of para-hydroxylation sites is 1. The Bertz CT molecular complexity index is 796. The van der Waals surface area contributed by atoms with E-state index in [1.807, 2.05) is 31.2 Å². The highest BCUT2D eigenvalue weighted by molar-refractivity contribution is 8.00. The molecule has 6 nitrogen and oxygen atoms in total.